The lowest BCUT2D eigenvalue weighted by Crippen LogP contribution is -2.39. The van der Waals surface area contributed by atoms with E-state index in [4.69, 9.17) is 9.47 Å². The molecule has 2 aromatic heterocycles. The van der Waals surface area contributed by atoms with Crippen molar-refractivity contribution in [2.75, 3.05) is 26.3 Å². The highest BCUT2D eigenvalue weighted by atomic mass is 19.1. The Kier molecular flexibility index (Phi) is 5.49. The standard InChI is InChI=1S/C22H28FN3O2/c1-14-9-19(10-15(2)24-14)28-13-17-5-4-7-26(12-17)16(3)21-20(23)11-18-6-8-27-22(18)25-21/h9-11,16-17H,4-8,12-13H2,1-3H3/t16-,17-/m0/s1. The first-order chi connectivity index (χ1) is 13.5. The lowest BCUT2D eigenvalue weighted by Gasteiger charge is -2.36. The normalized spacial score (nSPS) is 20.5. The maximum Gasteiger partial charge on any atom is 0.217 e. The van der Waals surface area contributed by atoms with Crippen molar-refractivity contribution in [3.05, 3.63) is 46.7 Å². The highest BCUT2D eigenvalue weighted by Crippen LogP contribution is 2.32. The summed E-state index contributed by atoms with van der Waals surface area (Å²) in [4.78, 5) is 11.2. The van der Waals surface area contributed by atoms with Gasteiger partial charge >= 0.3 is 0 Å². The van der Waals surface area contributed by atoms with E-state index >= 15 is 0 Å². The number of aromatic nitrogens is 2. The number of fused-ring (bicyclic) bond motifs is 1. The van der Waals surface area contributed by atoms with E-state index in [0.29, 0.717) is 30.7 Å². The number of pyridine rings is 2. The quantitative estimate of drug-likeness (QED) is 0.778. The number of likely N-dealkylation sites (tertiary alicyclic amines) is 1. The Hall–Kier alpha value is -2.21. The number of hydrogen-bond donors (Lipinski definition) is 0. The van der Waals surface area contributed by atoms with Crippen LogP contribution >= 0.6 is 0 Å². The minimum Gasteiger partial charge on any atom is -0.493 e. The number of rotatable bonds is 5. The Balaban J connectivity index is 1.41. The molecule has 5 nitrogen and oxygen atoms in total. The van der Waals surface area contributed by atoms with Gasteiger partial charge in [-0.1, -0.05) is 0 Å². The summed E-state index contributed by atoms with van der Waals surface area (Å²) in [5, 5.41) is 0. The molecular weight excluding hydrogens is 357 g/mol. The second-order valence-corrected chi connectivity index (χ2v) is 7.99. The molecule has 1 saturated heterocycles. The minimum absolute atomic E-state index is 0.0808. The average molecular weight is 385 g/mol. The van der Waals surface area contributed by atoms with Crippen molar-refractivity contribution in [2.24, 2.45) is 5.92 Å². The molecule has 0 spiro atoms. The maximum absolute atomic E-state index is 14.6. The van der Waals surface area contributed by atoms with E-state index in [0.717, 1.165) is 55.1 Å². The second kappa shape index (κ2) is 8.03. The molecule has 0 N–H and O–H groups in total. The predicted molar refractivity (Wildman–Crippen MR) is 105 cm³/mol. The summed E-state index contributed by atoms with van der Waals surface area (Å²) in [6.45, 7) is 9.07. The van der Waals surface area contributed by atoms with E-state index in [1.165, 1.54) is 0 Å². The summed E-state index contributed by atoms with van der Waals surface area (Å²) in [6.07, 6.45) is 2.94. The first kappa shape index (κ1) is 19.1. The van der Waals surface area contributed by atoms with Crippen molar-refractivity contribution in [1.29, 1.82) is 0 Å². The van der Waals surface area contributed by atoms with Gasteiger partial charge in [-0.15, -0.1) is 0 Å². The van der Waals surface area contributed by atoms with Crippen LogP contribution in [0.15, 0.2) is 18.2 Å². The van der Waals surface area contributed by atoms with Crippen LogP contribution in [0.3, 0.4) is 0 Å². The van der Waals surface area contributed by atoms with Gasteiger partial charge < -0.3 is 9.47 Å². The Labute approximate surface area is 165 Å². The molecule has 0 aliphatic carbocycles. The van der Waals surface area contributed by atoms with Gasteiger partial charge in [0.2, 0.25) is 5.88 Å². The number of hydrogen-bond acceptors (Lipinski definition) is 5. The molecule has 28 heavy (non-hydrogen) atoms. The van der Waals surface area contributed by atoms with Crippen LogP contribution in [0.2, 0.25) is 0 Å². The molecule has 0 aromatic carbocycles. The van der Waals surface area contributed by atoms with Gasteiger partial charge in [-0.2, -0.15) is 0 Å². The van der Waals surface area contributed by atoms with Gasteiger partial charge in [0.05, 0.1) is 24.9 Å². The molecule has 150 valence electrons. The third-order valence-electron chi connectivity index (χ3n) is 5.69. The first-order valence-electron chi connectivity index (χ1n) is 10.1. The third kappa shape index (κ3) is 4.12. The molecule has 0 radical (unpaired) electrons. The number of ether oxygens (including phenoxy) is 2. The molecule has 0 unspecified atom stereocenters. The highest BCUT2D eigenvalue weighted by molar-refractivity contribution is 5.33. The van der Waals surface area contributed by atoms with Crippen LogP contribution in [0.25, 0.3) is 0 Å². The van der Waals surface area contributed by atoms with Gasteiger partial charge in [-0.25, -0.2) is 9.37 Å². The van der Waals surface area contributed by atoms with E-state index in [9.17, 15) is 4.39 Å². The van der Waals surface area contributed by atoms with Crippen LogP contribution in [-0.4, -0.2) is 41.2 Å². The van der Waals surface area contributed by atoms with Gasteiger partial charge in [0.25, 0.3) is 0 Å². The first-order valence-corrected chi connectivity index (χ1v) is 10.1. The average Bonchev–Trinajstić information content (AvgIpc) is 3.12. The fourth-order valence-electron chi connectivity index (χ4n) is 4.23. The molecule has 4 rings (SSSR count). The van der Waals surface area contributed by atoms with Crippen molar-refractivity contribution in [2.45, 2.75) is 46.1 Å². The number of nitrogens with zero attached hydrogens (tertiary/aromatic N) is 3. The third-order valence-corrected chi connectivity index (χ3v) is 5.69. The monoisotopic (exact) mass is 385 g/mol. The van der Waals surface area contributed by atoms with Crippen LogP contribution in [0.1, 0.15) is 48.5 Å². The van der Waals surface area contributed by atoms with Crippen LogP contribution in [-0.2, 0) is 6.42 Å². The zero-order chi connectivity index (χ0) is 19.7. The van der Waals surface area contributed by atoms with Crippen molar-refractivity contribution >= 4 is 0 Å². The molecule has 4 heterocycles. The van der Waals surface area contributed by atoms with Crippen LogP contribution < -0.4 is 9.47 Å². The van der Waals surface area contributed by atoms with Crippen LogP contribution in [0.4, 0.5) is 4.39 Å². The molecule has 6 heteroatoms. The Bertz CT molecular complexity index is 838. The van der Waals surface area contributed by atoms with E-state index in [1.54, 1.807) is 6.07 Å². The summed E-state index contributed by atoms with van der Waals surface area (Å²) < 4.78 is 26.2. The molecule has 2 atom stereocenters. The molecule has 2 aromatic rings. The summed E-state index contributed by atoms with van der Waals surface area (Å²) in [5.74, 6) is 1.67. The van der Waals surface area contributed by atoms with E-state index in [2.05, 4.69) is 14.9 Å². The lowest BCUT2D eigenvalue weighted by atomic mass is 9.96. The predicted octanol–water partition coefficient (Wildman–Crippen LogP) is 4.02. The van der Waals surface area contributed by atoms with E-state index < -0.39 is 0 Å². The molecule has 0 amide bonds. The number of piperidine rings is 1. The highest BCUT2D eigenvalue weighted by Gasteiger charge is 2.29. The van der Waals surface area contributed by atoms with Crippen molar-refractivity contribution in [3.63, 3.8) is 0 Å². The second-order valence-electron chi connectivity index (χ2n) is 7.99. The SMILES string of the molecule is Cc1cc(OC[C@H]2CCCN([C@@H](C)c3nc4c(cc3F)CCO4)C2)cc(C)n1. The molecule has 2 aliphatic heterocycles. The van der Waals surface area contributed by atoms with Crippen molar-refractivity contribution in [3.8, 4) is 11.6 Å². The summed E-state index contributed by atoms with van der Waals surface area (Å²) >= 11 is 0. The molecule has 0 saturated carbocycles. The molecule has 1 fully saturated rings. The largest absolute Gasteiger partial charge is 0.493 e. The van der Waals surface area contributed by atoms with Gasteiger partial charge in [-0.3, -0.25) is 9.88 Å². The van der Waals surface area contributed by atoms with Gasteiger partial charge in [0, 0.05) is 48.0 Å². The Morgan fingerprint density at radius 1 is 1.25 bits per heavy atom. The van der Waals surface area contributed by atoms with Gasteiger partial charge in [0.15, 0.2) is 0 Å². The van der Waals surface area contributed by atoms with E-state index in [-0.39, 0.29) is 11.9 Å². The smallest absolute Gasteiger partial charge is 0.217 e. The lowest BCUT2D eigenvalue weighted by molar-refractivity contribution is 0.0974. The number of halogens is 1. The molecule has 2 aliphatic rings. The van der Waals surface area contributed by atoms with Crippen molar-refractivity contribution in [1.82, 2.24) is 14.9 Å². The van der Waals surface area contributed by atoms with Crippen molar-refractivity contribution < 1.29 is 13.9 Å². The minimum atomic E-state index is -0.224. The summed E-state index contributed by atoms with van der Waals surface area (Å²) in [5.41, 5.74) is 3.30. The molecular formula is C22H28FN3O2. The van der Waals surface area contributed by atoms with Crippen LogP contribution in [0, 0.1) is 25.6 Å². The summed E-state index contributed by atoms with van der Waals surface area (Å²) in [6, 6.07) is 5.46. The fourth-order valence-corrected chi connectivity index (χ4v) is 4.23. The van der Waals surface area contributed by atoms with Crippen LogP contribution in [0.5, 0.6) is 11.6 Å². The fraction of sp³-hybridized carbons (Fsp3) is 0.545. The maximum atomic E-state index is 14.6. The topological polar surface area (TPSA) is 47.5 Å². The van der Waals surface area contributed by atoms with E-state index in [1.807, 2.05) is 32.9 Å². The van der Waals surface area contributed by atoms with Gasteiger partial charge in [0.1, 0.15) is 11.6 Å². The Morgan fingerprint density at radius 2 is 2.04 bits per heavy atom. The zero-order valence-electron chi connectivity index (χ0n) is 16.9. The molecule has 0 bridgehead atoms. The Morgan fingerprint density at radius 3 is 2.82 bits per heavy atom. The number of aryl methyl sites for hydroxylation is 2. The summed E-state index contributed by atoms with van der Waals surface area (Å²) in [7, 11) is 0. The zero-order valence-corrected chi connectivity index (χ0v) is 16.9. The van der Waals surface area contributed by atoms with Gasteiger partial charge in [-0.05, 0) is 46.2 Å².